The predicted molar refractivity (Wildman–Crippen MR) is 135 cm³/mol. The topological polar surface area (TPSA) is 56.0 Å². The number of halogens is 5. The zero-order valence-electron chi connectivity index (χ0n) is 20.4. The summed E-state index contributed by atoms with van der Waals surface area (Å²) in [5.41, 5.74) is 1.64. The molecular weight excluding hydrogens is 517 g/mol. The Kier molecular flexibility index (Phi) is 6.28. The van der Waals surface area contributed by atoms with Gasteiger partial charge in [0, 0.05) is 35.5 Å². The second-order valence-corrected chi connectivity index (χ2v) is 9.49. The van der Waals surface area contributed by atoms with E-state index in [2.05, 4.69) is 10.1 Å². The summed E-state index contributed by atoms with van der Waals surface area (Å²) in [5, 5.41) is 4.36. The molecule has 0 N–H and O–H groups in total. The normalized spacial score (nSPS) is 14.8. The monoisotopic (exact) mass is 539 g/mol. The largest absolute Gasteiger partial charge is 0.339 e. The molecule has 3 aromatic carbocycles. The minimum absolute atomic E-state index is 0.0515. The molecule has 0 bridgehead atoms. The molecule has 6 nitrogen and oxygen atoms in total. The zero-order valence-corrected chi connectivity index (χ0v) is 20.4. The van der Waals surface area contributed by atoms with Gasteiger partial charge in [-0.05, 0) is 55.3 Å². The van der Waals surface area contributed by atoms with Crippen LogP contribution in [-0.2, 0) is 0 Å². The highest BCUT2D eigenvalue weighted by molar-refractivity contribution is 6.01. The molecule has 2 aromatic heterocycles. The van der Waals surface area contributed by atoms with E-state index in [0.29, 0.717) is 58.4 Å². The van der Waals surface area contributed by atoms with Crippen LogP contribution in [0.1, 0.15) is 48.0 Å². The van der Waals surface area contributed by atoms with Crippen molar-refractivity contribution in [3.05, 3.63) is 83.9 Å². The van der Waals surface area contributed by atoms with Gasteiger partial charge in [-0.3, -0.25) is 9.36 Å². The average molecular weight is 540 g/mol. The van der Waals surface area contributed by atoms with Gasteiger partial charge in [0.25, 0.3) is 5.91 Å². The molecule has 0 saturated carbocycles. The van der Waals surface area contributed by atoms with E-state index >= 15 is 0 Å². The highest BCUT2D eigenvalue weighted by Gasteiger charge is 2.30. The first kappa shape index (κ1) is 25.0. The Hall–Kier alpha value is -4.28. The maximum absolute atomic E-state index is 13.9. The second-order valence-electron chi connectivity index (χ2n) is 9.49. The van der Waals surface area contributed by atoms with E-state index in [-0.39, 0.29) is 28.6 Å². The Labute approximate surface area is 219 Å². The van der Waals surface area contributed by atoms with E-state index in [1.54, 1.807) is 35.2 Å². The van der Waals surface area contributed by atoms with E-state index in [1.165, 1.54) is 36.4 Å². The fourth-order valence-electron chi connectivity index (χ4n) is 5.35. The predicted octanol–water partition coefficient (Wildman–Crippen LogP) is 7.00. The van der Waals surface area contributed by atoms with Gasteiger partial charge in [0.2, 0.25) is 0 Å². The van der Waals surface area contributed by atoms with Crippen LogP contribution in [0.15, 0.2) is 66.7 Å². The molecule has 1 amide bonds. The third-order valence-electron chi connectivity index (χ3n) is 7.20. The van der Waals surface area contributed by atoms with E-state index in [0.717, 1.165) is 4.57 Å². The average Bonchev–Trinajstić information content (AvgIpc) is 3.52. The van der Waals surface area contributed by atoms with Gasteiger partial charge in [-0.25, -0.2) is 14.1 Å². The molecule has 0 unspecified atom stereocenters. The molecule has 0 radical (unpaired) electrons. The van der Waals surface area contributed by atoms with Crippen LogP contribution in [0.5, 0.6) is 0 Å². The SMILES string of the molecule is O=C(c1ccc2c(-c3cccc(F)c3)nn(C(F)F)c2c1)N1CCC(c2nc3ccccc3n2C(F)F)CC1. The van der Waals surface area contributed by atoms with Crippen molar-refractivity contribution < 1.29 is 26.7 Å². The number of carbonyl (C=O) groups is 1. The molecule has 6 rings (SSSR count). The van der Waals surface area contributed by atoms with Gasteiger partial charge >= 0.3 is 13.1 Å². The summed E-state index contributed by atoms with van der Waals surface area (Å²) < 4.78 is 70.7. The number of aromatic nitrogens is 4. The number of piperidine rings is 1. The lowest BCUT2D eigenvalue weighted by molar-refractivity contribution is 0.0614. The molecule has 200 valence electrons. The van der Waals surface area contributed by atoms with Gasteiger partial charge in [0.15, 0.2) is 0 Å². The van der Waals surface area contributed by atoms with Crippen molar-refractivity contribution in [2.45, 2.75) is 31.9 Å². The van der Waals surface area contributed by atoms with E-state index < -0.39 is 18.9 Å². The van der Waals surface area contributed by atoms with E-state index in [1.807, 2.05) is 0 Å². The number of nitrogens with zero attached hydrogens (tertiary/aromatic N) is 5. The first-order valence-electron chi connectivity index (χ1n) is 12.4. The molecule has 0 aliphatic carbocycles. The van der Waals surface area contributed by atoms with Gasteiger partial charge in [0.1, 0.15) is 17.3 Å². The van der Waals surface area contributed by atoms with Crippen LogP contribution >= 0.6 is 0 Å². The summed E-state index contributed by atoms with van der Waals surface area (Å²) in [7, 11) is 0. The van der Waals surface area contributed by atoms with Gasteiger partial charge in [-0.2, -0.15) is 22.7 Å². The number of alkyl halides is 4. The summed E-state index contributed by atoms with van der Waals surface area (Å²) in [4.78, 5) is 19.4. The molecule has 5 aromatic rings. The number of rotatable bonds is 5. The van der Waals surface area contributed by atoms with Crippen LogP contribution in [0, 0.1) is 5.82 Å². The number of amides is 1. The maximum Gasteiger partial charge on any atom is 0.333 e. The summed E-state index contributed by atoms with van der Waals surface area (Å²) >= 11 is 0. The fraction of sp³-hybridized carbons (Fsp3) is 0.250. The van der Waals surface area contributed by atoms with Crippen LogP contribution in [-0.4, -0.2) is 43.2 Å². The third kappa shape index (κ3) is 4.41. The highest BCUT2D eigenvalue weighted by Crippen LogP contribution is 2.35. The second kappa shape index (κ2) is 9.79. The lowest BCUT2D eigenvalue weighted by atomic mass is 9.95. The molecule has 1 fully saturated rings. The fourth-order valence-corrected chi connectivity index (χ4v) is 5.35. The molecule has 39 heavy (non-hydrogen) atoms. The van der Waals surface area contributed by atoms with Crippen LogP contribution in [0.25, 0.3) is 33.2 Å². The number of benzene rings is 3. The molecule has 1 aliphatic heterocycles. The number of carbonyl (C=O) groups excluding carboxylic acids is 1. The quantitative estimate of drug-likeness (QED) is 0.226. The number of hydrogen-bond donors (Lipinski definition) is 0. The van der Waals surface area contributed by atoms with Crippen molar-refractivity contribution in [1.82, 2.24) is 24.2 Å². The van der Waals surface area contributed by atoms with Gasteiger partial charge in [-0.15, -0.1) is 0 Å². The number of para-hydroxylation sites is 2. The van der Waals surface area contributed by atoms with Crippen LogP contribution in [0.2, 0.25) is 0 Å². The third-order valence-corrected chi connectivity index (χ3v) is 7.20. The number of likely N-dealkylation sites (tertiary alicyclic amines) is 1. The molecular formula is C28H22F5N5O. The molecule has 1 saturated heterocycles. The van der Waals surface area contributed by atoms with Crippen molar-refractivity contribution in [3.8, 4) is 11.3 Å². The first-order valence-corrected chi connectivity index (χ1v) is 12.4. The van der Waals surface area contributed by atoms with Crippen molar-refractivity contribution in [2.75, 3.05) is 13.1 Å². The summed E-state index contributed by atoms with van der Waals surface area (Å²) in [6.07, 6.45) is 0.866. The number of fused-ring (bicyclic) bond motifs is 2. The Morgan fingerprint density at radius 2 is 1.64 bits per heavy atom. The van der Waals surface area contributed by atoms with Gasteiger partial charge in [-0.1, -0.05) is 24.3 Å². The van der Waals surface area contributed by atoms with Crippen molar-refractivity contribution in [1.29, 1.82) is 0 Å². The number of imidazole rings is 1. The Bertz CT molecular complexity index is 1690. The van der Waals surface area contributed by atoms with Crippen molar-refractivity contribution in [3.63, 3.8) is 0 Å². The number of hydrogen-bond acceptors (Lipinski definition) is 3. The van der Waals surface area contributed by atoms with Crippen molar-refractivity contribution in [2.24, 2.45) is 0 Å². The molecule has 1 aliphatic rings. The van der Waals surface area contributed by atoms with E-state index in [9.17, 15) is 26.7 Å². The molecule has 0 spiro atoms. The molecule has 3 heterocycles. The van der Waals surface area contributed by atoms with Crippen LogP contribution < -0.4 is 0 Å². The molecule has 11 heteroatoms. The standard InChI is InChI=1S/C28H22F5N5O/c29-19-5-3-4-17(14-19)24-20-9-8-18(15-23(20)38(35-24)28(32)33)26(39)36-12-10-16(11-13-36)25-34-21-6-1-2-7-22(21)37(25)27(30)31/h1-9,14-16,27-28H,10-13H2. The van der Waals surface area contributed by atoms with Crippen molar-refractivity contribution >= 4 is 27.8 Å². The summed E-state index contributed by atoms with van der Waals surface area (Å²) in [5.74, 6) is -0.837. The maximum atomic E-state index is 13.9. The molecule has 0 atom stereocenters. The Morgan fingerprint density at radius 1 is 0.872 bits per heavy atom. The Balaban J connectivity index is 1.26. The van der Waals surface area contributed by atoms with Gasteiger partial charge < -0.3 is 4.90 Å². The minimum atomic E-state index is -2.97. The zero-order chi connectivity index (χ0) is 27.3. The highest BCUT2D eigenvalue weighted by atomic mass is 19.3. The van der Waals surface area contributed by atoms with E-state index in [4.69, 9.17) is 0 Å². The lowest BCUT2D eigenvalue weighted by Crippen LogP contribution is -2.38. The minimum Gasteiger partial charge on any atom is -0.339 e. The van der Waals surface area contributed by atoms with Gasteiger partial charge in [0.05, 0.1) is 16.6 Å². The lowest BCUT2D eigenvalue weighted by Gasteiger charge is -2.32. The van der Waals surface area contributed by atoms with Crippen LogP contribution in [0.4, 0.5) is 22.0 Å². The first-order chi connectivity index (χ1) is 18.8. The van der Waals surface area contributed by atoms with Crippen LogP contribution in [0.3, 0.4) is 0 Å². The summed E-state index contributed by atoms with van der Waals surface area (Å²) in [6.45, 7) is -5.10. The Morgan fingerprint density at radius 3 is 2.36 bits per heavy atom. The smallest absolute Gasteiger partial charge is 0.333 e. The summed E-state index contributed by atoms with van der Waals surface area (Å²) in [6, 6.07) is 16.7.